The van der Waals surface area contributed by atoms with Gasteiger partial charge in [0.1, 0.15) is 12.4 Å². The average Bonchev–Trinajstić information content (AvgIpc) is 3.42. The fourth-order valence-electron chi connectivity index (χ4n) is 11.2. The number of ether oxygens (including phenoxy) is 2. The molecule has 4 aliphatic carbocycles. The van der Waals surface area contributed by atoms with Gasteiger partial charge in [0.15, 0.2) is 0 Å². The summed E-state index contributed by atoms with van der Waals surface area (Å²) < 4.78 is 13.1. The lowest BCUT2D eigenvalue weighted by Crippen LogP contribution is -2.54. The normalized spacial score (nSPS) is 44.7. The Morgan fingerprint density at radius 2 is 1.86 bits per heavy atom. The molecule has 1 amide bonds. The van der Waals surface area contributed by atoms with Crippen molar-refractivity contribution in [3.05, 3.63) is 47.0 Å². The molecular formula is C37H51NO4. The molecule has 2 aliphatic heterocycles. The molecule has 0 bridgehead atoms. The molecule has 2 saturated heterocycles. The monoisotopic (exact) mass is 573 g/mol. The minimum Gasteiger partial charge on any atom is -0.445 e. The number of ketones is 1. The minimum absolute atomic E-state index is 0.0713. The van der Waals surface area contributed by atoms with Gasteiger partial charge in [0.25, 0.3) is 0 Å². The summed E-state index contributed by atoms with van der Waals surface area (Å²) in [7, 11) is 0. The predicted octanol–water partition coefficient (Wildman–Crippen LogP) is 8.12. The number of Topliss-reactive ketones (excluding diaryl/α,β-unsaturated/α-hetero) is 1. The largest absolute Gasteiger partial charge is 0.445 e. The van der Waals surface area contributed by atoms with Crippen molar-refractivity contribution in [3.63, 3.8) is 0 Å². The zero-order chi connectivity index (χ0) is 29.4. The number of carbonyl (C=O) groups excluding carboxylic acids is 2. The van der Waals surface area contributed by atoms with E-state index >= 15 is 0 Å². The summed E-state index contributed by atoms with van der Waals surface area (Å²) in [6.07, 6.45) is 10.5. The Balaban J connectivity index is 1.12. The molecule has 1 aromatic carbocycles. The topological polar surface area (TPSA) is 55.8 Å². The first-order valence-electron chi connectivity index (χ1n) is 16.9. The third kappa shape index (κ3) is 4.34. The maximum Gasteiger partial charge on any atom is 0.410 e. The molecule has 5 nitrogen and oxygen atoms in total. The third-order valence-corrected chi connectivity index (χ3v) is 13.7. The quantitative estimate of drug-likeness (QED) is 0.335. The number of fused-ring (bicyclic) bond motifs is 6. The molecule has 0 radical (unpaired) electrons. The molecule has 0 unspecified atom stereocenters. The highest BCUT2D eigenvalue weighted by molar-refractivity contribution is 5.80. The smallest absolute Gasteiger partial charge is 0.410 e. The van der Waals surface area contributed by atoms with Crippen LogP contribution >= 0.6 is 0 Å². The van der Waals surface area contributed by atoms with Crippen LogP contribution in [0, 0.1) is 40.4 Å². The van der Waals surface area contributed by atoms with E-state index in [1.54, 1.807) is 11.1 Å². The number of rotatable bonds is 2. The van der Waals surface area contributed by atoms with Gasteiger partial charge in [-0.25, -0.2) is 4.79 Å². The minimum atomic E-state index is -0.210. The lowest BCUT2D eigenvalue weighted by molar-refractivity contribution is -0.142. The van der Waals surface area contributed by atoms with E-state index in [9.17, 15) is 9.59 Å². The summed E-state index contributed by atoms with van der Waals surface area (Å²) in [6.45, 7) is 13.0. The summed E-state index contributed by atoms with van der Waals surface area (Å²) in [5.41, 5.74) is 4.52. The molecule has 0 aromatic heterocycles. The van der Waals surface area contributed by atoms with Gasteiger partial charge in [0.05, 0.1) is 17.7 Å². The number of allylic oxidation sites excluding steroid dienone is 1. The van der Waals surface area contributed by atoms with E-state index in [0.717, 1.165) is 56.6 Å². The van der Waals surface area contributed by atoms with E-state index in [0.29, 0.717) is 30.1 Å². The maximum absolute atomic E-state index is 13.5. The first kappa shape index (κ1) is 28.6. The van der Waals surface area contributed by atoms with Crippen LogP contribution < -0.4 is 0 Å². The van der Waals surface area contributed by atoms with Gasteiger partial charge in [-0.2, -0.15) is 0 Å². The van der Waals surface area contributed by atoms with Gasteiger partial charge >= 0.3 is 6.09 Å². The van der Waals surface area contributed by atoms with E-state index in [-0.39, 0.29) is 40.6 Å². The highest BCUT2D eigenvalue weighted by Crippen LogP contribution is 2.69. The summed E-state index contributed by atoms with van der Waals surface area (Å²) in [4.78, 5) is 28.1. The Hall–Kier alpha value is -2.14. The summed E-state index contributed by atoms with van der Waals surface area (Å²) in [5, 5.41) is 0. The van der Waals surface area contributed by atoms with Gasteiger partial charge in [0, 0.05) is 25.3 Å². The molecule has 1 aromatic rings. The number of carbonyl (C=O) groups is 2. The first-order chi connectivity index (χ1) is 20.0. The fourth-order valence-corrected chi connectivity index (χ4v) is 11.2. The van der Waals surface area contributed by atoms with Crippen molar-refractivity contribution in [1.82, 2.24) is 4.90 Å². The second-order valence-corrected chi connectivity index (χ2v) is 15.9. The zero-order valence-electron chi connectivity index (χ0n) is 26.5. The Labute approximate surface area is 252 Å². The van der Waals surface area contributed by atoms with E-state index in [1.165, 1.54) is 25.7 Å². The number of amides is 1. The molecule has 1 spiro atoms. The van der Waals surface area contributed by atoms with Crippen molar-refractivity contribution in [1.29, 1.82) is 0 Å². The second kappa shape index (κ2) is 10.2. The summed E-state index contributed by atoms with van der Waals surface area (Å²) in [6, 6.07) is 10.1. The molecule has 0 N–H and O–H groups in total. The highest BCUT2D eigenvalue weighted by Gasteiger charge is 2.63. The number of likely N-dealkylation sites (tertiary alicyclic amines) is 1. The van der Waals surface area contributed by atoms with Crippen molar-refractivity contribution < 1.29 is 19.1 Å². The lowest BCUT2D eigenvalue weighted by atomic mass is 9.45. The zero-order valence-corrected chi connectivity index (χ0v) is 26.5. The lowest BCUT2D eigenvalue weighted by Gasteiger charge is -2.58. The number of hydrogen-bond donors (Lipinski definition) is 0. The van der Waals surface area contributed by atoms with Crippen LogP contribution in [0.1, 0.15) is 104 Å². The molecule has 3 saturated carbocycles. The predicted molar refractivity (Wildman–Crippen MR) is 164 cm³/mol. The highest BCUT2D eigenvalue weighted by atomic mass is 16.6. The SMILES string of the molecule is CC1=C2C[C@H]3[C@@H](CC[C@]4(C)CC(=O)CC[C@]34C)[C@@H]2CC[C@@]2(C1)O[C@@H]1C[C@H](C)CN(C(=O)OCc3ccccc3)[C@H]1[C@H]2C. The maximum atomic E-state index is 13.5. The van der Waals surface area contributed by atoms with Crippen LogP contribution in [0.2, 0.25) is 0 Å². The van der Waals surface area contributed by atoms with Crippen molar-refractivity contribution in [2.24, 2.45) is 40.4 Å². The fraction of sp³-hybridized carbons (Fsp3) is 0.730. The van der Waals surface area contributed by atoms with Gasteiger partial charge in [0.2, 0.25) is 0 Å². The van der Waals surface area contributed by atoms with Crippen LogP contribution in [0.25, 0.3) is 0 Å². The summed E-state index contributed by atoms with van der Waals surface area (Å²) >= 11 is 0. The molecule has 228 valence electrons. The van der Waals surface area contributed by atoms with Crippen LogP contribution in [0.3, 0.4) is 0 Å². The Kier molecular flexibility index (Phi) is 6.96. The second-order valence-electron chi connectivity index (χ2n) is 15.9. The average molecular weight is 574 g/mol. The van der Waals surface area contributed by atoms with Crippen molar-refractivity contribution in [3.8, 4) is 0 Å². The van der Waals surface area contributed by atoms with Crippen LogP contribution in [-0.4, -0.2) is 41.1 Å². The van der Waals surface area contributed by atoms with Crippen molar-refractivity contribution in [2.75, 3.05) is 6.54 Å². The first-order valence-corrected chi connectivity index (χ1v) is 16.9. The number of hydrogen-bond acceptors (Lipinski definition) is 4. The number of benzene rings is 1. The Morgan fingerprint density at radius 3 is 2.64 bits per heavy atom. The van der Waals surface area contributed by atoms with Crippen molar-refractivity contribution in [2.45, 2.75) is 123 Å². The summed E-state index contributed by atoms with van der Waals surface area (Å²) in [5.74, 6) is 3.23. The van der Waals surface area contributed by atoms with Gasteiger partial charge < -0.3 is 14.4 Å². The van der Waals surface area contributed by atoms with E-state index in [1.807, 2.05) is 35.2 Å². The van der Waals surface area contributed by atoms with Crippen LogP contribution in [0.15, 0.2) is 41.5 Å². The molecule has 10 atom stereocenters. The van der Waals surface area contributed by atoms with Crippen LogP contribution in [0.4, 0.5) is 4.79 Å². The van der Waals surface area contributed by atoms with E-state index in [2.05, 4.69) is 34.6 Å². The Morgan fingerprint density at radius 1 is 1.07 bits per heavy atom. The van der Waals surface area contributed by atoms with Crippen LogP contribution in [-0.2, 0) is 20.9 Å². The van der Waals surface area contributed by atoms with Gasteiger partial charge in [-0.05, 0) is 98.4 Å². The Bertz CT molecular complexity index is 1270. The molecule has 7 rings (SSSR count). The van der Waals surface area contributed by atoms with E-state index in [4.69, 9.17) is 9.47 Å². The van der Waals surface area contributed by atoms with Crippen LogP contribution in [0.5, 0.6) is 0 Å². The molecule has 42 heavy (non-hydrogen) atoms. The van der Waals surface area contributed by atoms with Gasteiger partial charge in [-0.1, -0.05) is 69.2 Å². The van der Waals surface area contributed by atoms with E-state index < -0.39 is 0 Å². The molecule has 6 aliphatic rings. The number of nitrogens with zero attached hydrogens (tertiary/aromatic N) is 1. The van der Waals surface area contributed by atoms with Crippen molar-refractivity contribution >= 4 is 11.9 Å². The van der Waals surface area contributed by atoms with Gasteiger partial charge in [-0.3, -0.25) is 4.79 Å². The molecule has 2 heterocycles. The molecule has 5 heteroatoms. The number of piperidine rings is 1. The standard InChI is InChI=1S/C37H51NO4/c1-23-17-32-33(38(21-23)34(40)41-22-26-9-7-6-8-10-26)25(3)37(42-32)16-13-28-29-12-14-35(4)20-27(39)11-15-36(35,5)31(29)18-30(28)24(2)19-37/h6-10,23,25,28-29,31-33H,11-22H2,1-5H3/t23-,25+,28-,29-,31-,32+,33-,35+,36+,37-/m0/s1. The molecule has 5 fully saturated rings. The molecular weight excluding hydrogens is 522 g/mol. The van der Waals surface area contributed by atoms with Gasteiger partial charge in [-0.15, -0.1) is 0 Å². The third-order valence-electron chi connectivity index (χ3n) is 13.7.